The Balaban J connectivity index is 2.46. The molecule has 0 unspecified atom stereocenters. The van der Waals surface area contributed by atoms with Crippen LogP contribution >= 0.6 is 15.9 Å². The number of nitro benzene ring substituents is 1. The number of non-ortho nitro benzene ring substituents is 1. The van der Waals surface area contributed by atoms with Gasteiger partial charge in [0, 0.05) is 22.6 Å². The highest BCUT2D eigenvalue weighted by atomic mass is 79.9. The Bertz CT molecular complexity index is 871. The van der Waals surface area contributed by atoms with E-state index in [9.17, 15) is 18.5 Å². The second kappa shape index (κ2) is 7.39. The zero-order valence-electron chi connectivity index (χ0n) is 12.8. The van der Waals surface area contributed by atoms with Gasteiger partial charge in [0.25, 0.3) is 5.69 Å². The number of nitro groups is 1. The van der Waals surface area contributed by atoms with Gasteiger partial charge in [-0.3, -0.25) is 10.1 Å². The summed E-state index contributed by atoms with van der Waals surface area (Å²) in [4.78, 5) is 10.4. The fourth-order valence-electron chi connectivity index (χ4n) is 2.30. The second-order valence-electron chi connectivity index (χ2n) is 5.12. The number of hydrogen-bond donors (Lipinski definition) is 2. The van der Waals surface area contributed by atoms with Gasteiger partial charge in [-0.1, -0.05) is 28.1 Å². The lowest BCUT2D eigenvalue weighted by Gasteiger charge is -2.15. The van der Waals surface area contributed by atoms with Crippen LogP contribution in [0.2, 0.25) is 0 Å². The molecular formula is C15H16BrN3O4S. The van der Waals surface area contributed by atoms with E-state index in [2.05, 4.69) is 20.7 Å². The van der Waals surface area contributed by atoms with Gasteiger partial charge >= 0.3 is 0 Å². The Morgan fingerprint density at radius 3 is 2.58 bits per heavy atom. The fraction of sp³-hybridized carbons (Fsp3) is 0.200. The van der Waals surface area contributed by atoms with Crippen LogP contribution < -0.4 is 10.5 Å². The molecule has 0 aliphatic rings. The van der Waals surface area contributed by atoms with Crippen LogP contribution in [0.5, 0.6) is 0 Å². The minimum Gasteiger partial charge on any atom is -0.324 e. The number of nitrogens with one attached hydrogen (secondary N) is 1. The number of nitrogens with zero attached hydrogens (tertiary/aromatic N) is 1. The van der Waals surface area contributed by atoms with E-state index in [1.807, 2.05) is 24.3 Å². The van der Waals surface area contributed by atoms with Crippen LogP contribution in [0.3, 0.4) is 0 Å². The first-order valence-electron chi connectivity index (χ1n) is 6.96. The second-order valence-corrected chi connectivity index (χ2v) is 7.89. The number of rotatable bonds is 6. The summed E-state index contributed by atoms with van der Waals surface area (Å²) in [6.45, 7) is 0. The van der Waals surface area contributed by atoms with Gasteiger partial charge in [-0.05, 0) is 42.8 Å². The molecule has 0 saturated carbocycles. The summed E-state index contributed by atoms with van der Waals surface area (Å²) in [7, 11) is -2.46. The molecule has 1 atom stereocenters. The molecule has 7 nitrogen and oxygen atoms in total. The molecule has 2 aromatic rings. The first-order valence-corrected chi connectivity index (χ1v) is 9.24. The van der Waals surface area contributed by atoms with Gasteiger partial charge in [0.1, 0.15) is 0 Å². The molecule has 0 spiro atoms. The number of hydrogen-bond acceptors (Lipinski definition) is 5. The molecule has 0 heterocycles. The van der Waals surface area contributed by atoms with Crippen molar-refractivity contribution in [1.82, 2.24) is 4.72 Å². The molecule has 24 heavy (non-hydrogen) atoms. The van der Waals surface area contributed by atoms with Gasteiger partial charge in [0.2, 0.25) is 10.0 Å². The maximum Gasteiger partial charge on any atom is 0.269 e. The molecule has 128 valence electrons. The maximum absolute atomic E-state index is 12.1. The summed E-state index contributed by atoms with van der Waals surface area (Å²) in [6.07, 6.45) is 0.147. The lowest BCUT2D eigenvalue weighted by molar-refractivity contribution is -0.385. The van der Waals surface area contributed by atoms with E-state index in [1.165, 1.54) is 25.2 Å². The first kappa shape index (κ1) is 18.5. The fourth-order valence-corrected chi connectivity index (χ4v) is 3.67. The monoisotopic (exact) mass is 413 g/mol. The highest BCUT2D eigenvalue weighted by molar-refractivity contribution is 9.10. The Labute approximate surface area is 148 Å². The Hall–Kier alpha value is -1.81. The predicted molar refractivity (Wildman–Crippen MR) is 94.1 cm³/mol. The minimum absolute atomic E-state index is 0.0129. The summed E-state index contributed by atoms with van der Waals surface area (Å²) in [6, 6.07) is 10.5. The van der Waals surface area contributed by atoms with Crippen LogP contribution in [0.15, 0.2) is 51.8 Å². The molecule has 0 fully saturated rings. The smallest absolute Gasteiger partial charge is 0.269 e. The Kier molecular flexibility index (Phi) is 5.70. The summed E-state index contributed by atoms with van der Waals surface area (Å²) in [5, 5.41) is 11.0. The van der Waals surface area contributed by atoms with Gasteiger partial charge < -0.3 is 5.73 Å². The number of halogens is 1. The van der Waals surface area contributed by atoms with Crippen LogP contribution in [-0.2, 0) is 16.4 Å². The molecule has 0 bridgehead atoms. The van der Waals surface area contributed by atoms with E-state index in [4.69, 9.17) is 5.73 Å². The number of benzene rings is 2. The van der Waals surface area contributed by atoms with Gasteiger partial charge in [0.05, 0.1) is 9.82 Å². The number of sulfonamides is 1. The number of nitrogens with two attached hydrogens (primary N) is 1. The van der Waals surface area contributed by atoms with Crippen molar-refractivity contribution in [3.8, 4) is 0 Å². The van der Waals surface area contributed by atoms with Crippen molar-refractivity contribution in [2.75, 3.05) is 7.05 Å². The van der Waals surface area contributed by atoms with Crippen molar-refractivity contribution in [1.29, 1.82) is 0 Å². The maximum atomic E-state index is 12.1. The summed E-state index contributed by atoms with van der Waals surface area (Å²) >= 11 is 3.35. The van der Waals surface area contributed by atoms with Crippen molar-refractivity contribution in [2.24, 2.45) is 5.73 Å². The lowest BCUT2D eigenvalue weighted by Crippen LogP contribution is -2.22. The largest absolute Gasteiger partial charge is 0.324 e. The van der Waals surface area contributed by atoms with E-state index < -0.39 is 21.0 Å². The molecular weight excluding hydrogens is 398 g/mol. The van der Waals surface area contributed by atoms with Gasteiger partial charge in [-0.25, -0.2) is 13.1 Å². The molecule has 9 heteroatoms. The molecule has 0 radical (unpaired) electrons. The third-order valence-electron chi connectivity index (χ3n) is 3.53. The highest BCUT2D eigenvalue weighted by Gasteiger charge is 2.22. The molecule has 2 aromatic carbocycles. The summed E-state index contributed by atoms with van der Waals surface area (Å²) < 4.78 is 27.4. The van der Waals surface area contributed by atoms with Crippen LogP contribution in [0.25, 0.3) is 0 Å². The topological polar surface area (TPSA) is 115 Å². The van der Waals surface area contributed by atoms with Crippen LogP contribution in [0, 0.1) is 10.1 Å². The average molecular weight is 414 g/mol. The van der Waals surface area contributed by atoms with Crippen molar-refractivity contribution >= 4 is 31.6 Å². The van der Waals surface area contributed by atoms with Gasteiger partial charge in [-0.2, -0.15) is 0 Å². The summed E-state index contributed by atoms with van der Waals surface area (Å²) in [5.41, 5.74) is 7.08. The van der Waals surface area contributed by atoms with Crippen LogP contribution in [0.4, 0.5) is 5.69 Å². The molecule has 0 saturated heterocycles. The van der Waals surface area contributed by atoms with E-state index in [1.54, 1.807) is 0 Å². The van der Waals surface area contributed by atoms with E-state index in [0.29, 0.717) is 5.56 Å². The van der Waals surface area contributed by atoms with Crippen molar-refractivity contribution in [3.05, 3.63) is 68.2 Å². The van der Waals surface area contributed by atoms with Gasteiger partial charge in [-0.15, -0.1) is 0 Å². The highest BCUT2D eigenvalue weighted by Crippen LogP contribution is 2.27. The van der Waals surface area contributed by atoms with Crippen LogP contribution in [0.1, 0.15) is 17.2 Å². The van der Waals surface area contributed by atoms with Crippen molar-refractivity contribution < 1.29 is 13.3 Å². The zero-order chi connectivity index (χ0) is 17.9. The predicted octanol–water partition coefficient (Wildman–Crippen LogP) is 2.51. The molecule has 0 aliphatic heterocycles. The molecule has 0 amide bonds. The minimum atomic E-state index is -3.74. The van der Waals surface area contributed by atoms with Crippen molar-refractivity contribution in [2.45, 2.75) is 17.4 Å². The normalized spacial score (nSPS) is 12.8. The quantitative estimate of drug-likeness (QED) is 0.557. The third kappa shape index (κ3) is 4.18. The Morgan fingerprint density at radius 2 is 2.00 bits per heavy atom. The van der Waals surface area contributed by atoms with E-state index in [0.717, 1.165) is 10.0 Å². The SMILES string of the molecule is CNS(=O)(=O)c1ccc([N+](=O)[O-])cc1C[C@H](N)c1cccc(Br)c1. The lowest BCUT2D eigenvalue weighted by atomic mass is 9.99. The molecule has 0 aliphatic carbocycles. The van der Waals surface area contributed by atoms with E-state index >= 15 is 0 Å². The molecule has 2 rings (SSSR count). The Morgan fingerprint density at radius 1 is 1.29 bits per heavy atom. The van der Waals surface area contributed by atoms with Crippen molar-refractivity contribution in [3.63, 3.8) is 0 Å². The average Bonchev–Trinajstić information content (AvgIpc) is 2.54. The summed E-state index contributed by atoms with van der Waals surface area (Å²) in [5.74, 6) is 0. The molecule has 3 N–H and O–H groups in total. The van der Waals surface area contributed by atoms with Gasteiger partial charge in [0.15, 0.2) is 0 Å². The van der Waals surface area contributed by atoms with E-state index in [-0.39, 0.29) is 17.0 Å². The first-order chi connectivity index (χ1) is 11.2. The third-order valence-corrected chi connectivity index (χ3v) is 5.54. The molecule has 0 aromatic heterocycles. The zero-order valence-corrected chi connectivity index (χ0v) is 15.2. The standard InChI is InChI=1S/C15H16BrN3O4S/c1-18-24(22,23)15-6-5-13(19(20)21)8-11(15)9-14(17)10-3-2-4-12(16)7-10/h2-8,14,18H,9,17H2,1H3/t14-/m0/s1. The van der Waals surface area contributed by atoms with Crippen LogP contribution in [-0.4, -0.2) is 20.4 Å².